The number of thiazole rings is 1. The van der Waals surface area contributed by atoms with Gasteiger partial charge in [-0.15, -0.1) is 11.3 Å². The molecule has 0 aliphatic rings. The highest BCUT2D eigenvalue weighted by atomic mass is 35.5. The lowest BCUT2D eigenvalue weighted by molar-refractivity contribution is -0.139. The Kier molecular flexibility index (Phi) is 4.07. The van der Waals surface area contributed by atoms with Gasteiger partial charge in [0.15, 0.2) is 6.61 Å². The van der Waals surface area contributed by atoms with E-state index in [1.807, 2.05) is 13.8 Å². The number of aliphatic carboxylic acids is 1. The van der Waals surface area contributed by atoms with Gasteiger partial charge in [-0.25, -0.2) is 9.78 Å². The van der Waals surface area contributed by atoms with E-state index in [1.165, 1.54) is 11.3 Å². The Morgan fingerprint density at radius 2 is 2.21 bits per heavy atom. The zero-order valence-corrected chi connectivity index (χ0v) is 12.0. The number of carboxylic acid groups (broad SMARTS) is 1. The van der Waals surface area contributed by atoms with Crippen LogP contribution in [0, 0.1) is 13.8 Å². The first-order valence-corrected chi connectivity index (χ1v) is 6.75. The summed E-state index contributed by atoms with van der Waals surface area (Å²) in [7, 11) is 0. The summed E-state index contributed by atoms with van der Waals surface area (Å²) in [4.78, 5) is 15.9. The molecule has 0 aliphatic heterocycles. The number of aryl methyl sites for hydroxylation is 2. The number of aromatic nitrogens is 1. The van der Waals surface area contributed by atoms with Crippen molar-refractivity contribution in [2.75, 3.05) is 6.61 Å². The van der Waals surface area contributed by atoms with E-state index < -0.39 is 5.97 Å². The summed E-state index contributed by atoms with van der Waals surface area (Å²) in [5.41, 5.74) is 1.65. The molecule has 1 aromatic heterocycles. The molecule has 0 radical (unpaired) electrons. The molecule has 0 amide bonds. The zero-order chi connectivity index (χ0) is 14.0. The fraction of sp³-hybridized carbons (Fsp3) is 0.231. The van der Waals surface area contributed by atoms with Crippen LogP contribution in [-0.2, 0) is 4.79 Å². The maximum absolute atomic E-state index is 10.6. The highest BCUT2D eigenvalue weighted by Crippen LogP contribution is 2.37. The van der Waals surface area contributed by atoms with E-state index in [9.17, 15) is 4.79 Å². The molecule has 0 bridgehead atoms. The Bertz CT molecular complexity index is 624. The number of hydrogen-bond acceptors (Lipinski definition) is 4. The van der Waals surface area contributed by atoms with E-state index >= 15 is 0 Å². The number of halogens is 1. The molecule has 2 aromatic rings. The SMILES string of the molecule is Cc1nc(C)c(-c2cc(Cl)ccc2OCC(=O)O)s1. The van der Waals surface area contributed by atoms with Gasteiger partial charge in [-0.05, 0) is 32.0 Å². The molecule has 0 saturated carbocycles. The van der Waals surface area contributed by atoms with Gasteiger partial charge in [-0.3, -0.25) is 0 Å². The summed E-state index contributed by atoms with van der Waals surface area (Å²) in [5.74, 6) is -0.517. The second-order valence-corrected chi connectivity index (χ2v) is 5.61. The fourth-order valence-corrected chi connectivity index (χ4v) is 2.84. The Balaban J connectivity index is 2.45. The monoisotopic (exact) mass is 297 g/mol. The molecule has 4 nitrogen and oxygen atoms in total. The van der Waals surface area contributed by atoms with Gasteiger partial charge in [-0.1, -0.05) is 11.6 Å². The van der Waals surface area contributed by atoms with Gasteiger partial charge in [0, 0.05) is 10.6 Å². The van der Waals surface area contributed by atoms with Gasteiger partial charge in [0.1, 0.15) is 5.75 Å². The van der Waals surface area contributed by atoms with Crippen molar-refractivity contribution in [1.29, 1.82) is 0 Å². The second-order valence-electron chi connectivity index (χ2n) is 3.97. The molecule has 0 unspecified atom stereocenters. The van der Waals surface area contributed by atoms with Crippen LogP contribution in [-0.4, -0.2) is 22.7 Å². The van der Waals surface area contributed by atoms with Crippen LogP contribution < -0.4 is 4.74 Å². The molecule has 0 fully saturated rings. The van der Waals surface area contributed by atoms with Crippen molar-refractivity contribution in [1.82, 2.24) is 4.98 Å². The van der Waals surface area contributed by atoms with Crippen LogP contribution in [0.5, 0.6) is 5.75 Å². The van der Waals surface area contributed by atoms with E-state index in [4.69, 9.17) is 21.4 Å². The molecule has 0 spiro atoms. The van der Waals surface area contributed by atoms with Crippen LogP contribution in [0.3, 0.4) is 0 Å². The zero-order valence-electron chi connectivity index (χ0n) is 10.4. The number of benzene rings is 1. The number of ether oxygens (including phenoxy) is 1. The van der Waals surface area contributed by atoms with E-state index in [0.717, 1.165) is 21.1 Å². The molecule has 2 rings (SSSR count). The first kappa shape index (κ1) is 13.8. The highest BCUT2D eigenvalue weighted by molar-refractivity contribution is 7.15. The normalized spacial score (nSPS) is 10.5. The number of carbonyl (C=O) groups is 1. The molecular formula is C13H12ClNO3S. The van der Waals surface area contributed by atoms with Crippen molar-refractivity contribution < 1.29 is 14.6 Å². The Hall–Kier alpha value is -1.59. The third-order valence-electron chi connectivity index (χ3n) is 2.44. The number of carboxylic acids is 1. The molecule has 0 atom stereocenters. The van der Waals surface area contributed by atoms with Crippen molar-refractivity contribution in [3.8, 4) is 16.2 Å². The average Bonchev–Trinajstić information content (AvgIpc) is 2.66. The van der Waals surface area contributed by atoms with Gasteiger partial charge in [0.2, 0.25) is 0 Å². The maximum atomic E-state index is 10.6. The lowest BCUT2D eigenvalue weighted by Gasteiger charge is -2.09. The minimum atomic E-state index is -1.02. The average molecular weight is 298 g/mol. The van der Waals surface area contributed by atoms with Crippen LogP contribution in [0.4, 0.5) is 0 Å². The summed E-state index contributed by atoms with van der Waals surface area (Å²) < 4.78 is 5.29. The quantitative estimate of drug-likeness (QED) is 0.937. The second kappa shape index (κ2) is 5.59. The van der Waals surface area contributed by atoms with Crippen LogP contribution in [0.2, 0.25) is 5.02 Å². The van der Waals surface area contributed by atoms with Crippen LogP contribution >= 0.6 is 22.9 Å². The highest BCUT2D eigenvalue weighted by Gasteiger charge is 2.14. The third-order valence-corrected chi connectivity index (χ3v) is 3.78. The van der Waals surface area contributed by atoms with E-state index in [2.05, 4.69) is 4.98 Å². The topological polar surface area (TPSA) is 59.4 Å². The number of nitrogens with zero attached hydrogens (tertiary/aromatic N) is 1. The first-order valence-electron chi connectivity index (χ1n) is 5.56. The molecule has 1 N–H and O–H groups in total. The predicted octanol–water partition coefficient (Wildman–Crippen LogP) is 3.54. The van der Waals surface area contributed by atoms with Crippen molar-refractivity contribution in [2.24, 2.45) is 0 Å². The molecule has 100 valence electrons. The van der Waals surface area contributed by atoms with Crippen LogP contribution in [0.25, 0.3) is 10.4 Å². The Labute approximate surface area is 119 Å². The van der Waals surface area contributed by atoms with Crippen LogP contribution in [0.15, 0.2) is 18.2 Å². The van der Waals surface area contributed by atoms with Crippen molar-refractivity contribution >= 4 is 28.9 Å². The number of rotatable bonds is 4. The molecule has 19 heavy (non-hydrogen) atoms. The Morgan fingerprint density at radius 1 is 1.47 bits per heavy atom. The summed E-state index contributed by atoms with van der Waals surface area (Å²) in [6.07, 6.45) is 0. The molecule has 0 aliphatic carbocycles. The first-order chi connectivity index (χ1) is 8.97. The van der Waals surface area contributed by atoms with Crippen molar-refractivity contribution in [3.63, 3.8) is 0 Å². The molecule has 1 heterocycles. The smallest absolute Gasteiger partial charge is 0.341 e. The minimum Gasteiger partial charge on any atom is -0.481 e. The van der Waals surface area contributed by atoms with Gasteiger partial charge in [0.25, 0.3) is 0 Å². The van der Waals surface area contributed by atoms with E-state index in [-0.39, 0.29) is 6.61 Å². The summed E-state index contributed by atoms with van der Waals surface area (Å²) >= 11 is 7.53. The molecule has 1 aromatic carbocycles. The Morgan fingerprint density at radius 3 is 2.79 bits per heavy atom. The third kappa shape index (κ3) is 3.24. The maximum Gasteiger partial charge on any atom is 0.341 e. The van der Waals surface area contributed by atoms with Gasteiger partial charge in [-0.2, -0.15) is 0 Å². The van der Waals surface area contributed by atoms with Gasteiger partial charge in [0.05, 0.1) is 15.6 Å². The molecule has 0 saturated heterocycles. The summed E-state index contributed by atoms with van der Waals surface area (Å²) in [5, 5.41) is 10.2. The van der Waals surface area contributed by atoms with E-state index in [1.54, 1.807) is 18.2 Å². The van der Waals surface area contributed by atoms with Crippen LogP contribution in [0.1, 0.15) is 10.7 Å². The van der Waals surface area contributed by atoms with Gasteiger partial charge < -0.3 is 9.84 Å². The largest absolute Gasteiger partial charge is 0.481 e. The summed E-state index contributed by atoms with van der Waals surface area (Å²) in [6.45, 7) is 3.44. The number of hydrogen-bond donors (Lipinski definition) is 1. The van der Waals surface area contributed by atoms with Gasteiger partial charge >= 0.3 is 5.97 Å². The van der Waals surface area contributed by atoms with Crippen molar-refractivity contribution in [2.45, 2.75) is 13.8 Å². The molecular weight excluding hydrogens is 286 g/mol. The molecule has 6 heteroatoms. The van der Waals surface area contributed by atoms with E-state index in [0.29, 0.717) is 10.8 Å². The summed E-state index contributed by atoms with van der Waals surface area (Å²) in [6, 6.07) is 5.11. The fourth-order valence-electron chi connectivity index (χ4n) is 1.73. The predicted molar refractivity (Wildman–Crippen MR) is 75.2 cm³/mol. The standard InChI is InChI=1S/C13H12ClNO3S/c1-7-13(19-8(2)15-7)10-5-9(14)3-4-11(10)18-6-12(16)17/h3-5H,6H2,1-2H3,(H,16,17). The minimum absolute atomic E-state index is 0.383. The lowest BCUT2D eigenvalue weighted by Crippen LogP contribution is -2.09. The lowest BCUT2D eigenvalue weighted by atomic mass is 10.1. The van der Waals surface area contributed by atoms with Crippen molar-refractivity contribution in [3.05, 3.63) is 33.9 Å².